The summed E-state index contributed by atoms with van der Waals surface area (Å²) in [6.07, 6.45) is 1.81. The fourth-order valence-corrected chi connectivity index (χ4v) is 5.38. The largest absolute Gasteiger partial charge is 0.493 e. The summed E-state index contributed by atoms with van der Waals surface area (Å²) in [7, 11) is 5.51. The summed E-state index contributed by atoms with van der Waals surface area (Å²) in [5.74, 6) is 0.742. The second-order valence-corrected chi connectivity index (χ2v) is 10.4. The quantitative estimate of drug-likeness (QED) is 0.410. The Bertz CT molecular complexity index is 1550. The molecule has 8 nitrogen and oxygen atoms in total. The number of allylic oxidation sites excluding steroid dienone is 1. The van der Waals surface area contributed by atoms with Crippen molar-refractivity contribution in [2.45, 2.75) is 39.8 Å². The summed E-state index contributed by atoms with van der Waals surface area (Å²) in [6.45, 7) is 7.67. The predicted molar refractivity (Wildman–Crippen MR) is 150 cm³/mol. The Balaban J connectivity index is 1.87. The molecule has 0 fully saturated rings. The van der Waals surface area contributed by atoms with Crippen molar-refractivity contribution in [2.75, 3.05) is 32.7 Å². The zero-order valence-corrected chi connectivity index (χ0v) is 23.6. The van der Waals surface area contributed by atoms with E-state index in [-0.39, 0.29) is 18.3 Å². The van der Waals surface area contributed by atoms with E-state index in [2.05, 4.69) is 4.99 Å². The molecule has 0 unspecified atom stereocenters. The maximum atomic E-state index is 13.8. The molecule has 0 amide bonds. The van der Waals surface area contributed by atoms with Crippen LogP contribution in [0.2, 0.25) is 0 Å². The van der Waals surface area contributed by atoms with Crippen LogP contribution in [-0.4, -0.2) is 44.5 Å². The molecule has 0 bridgehead atoms. The number of thiazole rings is 1. The molecule has 0 spiro atoms. The van der Waals surface area contributed by atoms with Crippen molar-refractivity contribution in [3.8, 4) is 11.5 Å². The summed E-state index contributed by atoms with van der Waals surface area (Å²) in [4.78, 5) is 34.1. The van der Waals surface area contributed by atoms with Crippen LogP contribution >= 0.6 is 11.3 Å². The van der Waals surface area contributed by atoms with Gasteiger partial charge in [-0.05, 0) is 69.2 Å². The molecule has 0 aliphatic carbocycles. The number of hydrogen-bond donors (Lipinski definition) is 0. The van der Waals surface area contributed by atoms with Crippen LogP contribution in [0.1, 0.15) is 44.9 Å². The molecular weight excluding hydrogens is 502 g/mol. The molecule has 4 rings (SSSR count). The molecule has 38 heavy (non-hydrogen) atoms. The predicted octanol–water partition coefficient (Wildman–Crippen LogP) is 3.66. The van der Waals surface area contributed by atoms with Crippen LogP contribution in [0.25, 0.3) is 6.08 Å². The van der Waals surface area contributed by atoms with Gasteiger partial charge in [-0.1, -0.05) is 29.5 Å². The molecule has 1 aliphatic rings. The van der Waals surface area contributed by atoms with Crippen LogP contribution in [0.3, 0.4) is 0 Å². The first kappa shape index (κ1) is 27.2. The van der Waals surface area contributed by atoms with Crippen molar-refractivity contribution in [2.24, 2.45) is 4.99 Å². The van der Waals surface area contributed by atoms with Gasteiger partial charge in [-0.25, -0.2) is 9.79 Å². The van der Waals surface area contributed by atoms with E-state index in [4.69, 9.17) is 14.2 Å². The highest BCUT2D eigenvalue weighted by molar-refractivity contribution is 7.07. The van der Waals surface area contributed by atoms with Gasteiger partial charge in [-0.15, -0.1) is 0 Å². The molecule has 0 saturated carbocycles. The van der Waals surface area contributed by atoms with Gasteiger partial charge in [-0.2, -0.15) is 0 Å². The lowest BCUT2D eigenvalue weighted by atomic mass is 9.95. The third-order valence-electron chi connectivity index (χ3n) is 6.09. The third-order valence-corrected chi connectivity index (χ3v) is 7.07. The average Bonchev–Trinajstić information content (AvgIpc) is 3.18. The summed E-state index contributed by atoms with van der Waals surface area (Å²) in [5, 5.41) is 0. The van der Waals surface area contributed by atoms with Crippen LogP contribution in [-0.2, 0) is 9.53 Å². The second kappa shape index (κ2) is 11.3. The van der Waals surface area contributed by atoms with Crippen molar-refractivity contribution in [1.29, 1.82) is 0 Å². The average molecular weight is 536 g/mol. The molecular formula is C29H33N3O5S. The van der Waals surface area contributed by atoms with Gasteiger partial charge in [0.25, 0.3) is 5.56 Å². The molecule has 200 valence electrons. The van der Waals surface area contributed by atoms with E-state index >= 15 is 0 Å². The van der Waals surface area contributed by atoms with Crippen molar-refractivity contribution in [3.63, 3.8) is 0 Å². The summed E-state index contributed by atoms with van der Waals surface area (Å²) >= 11 is 1.28. The van der Waals surface area contributed by atoms with E-state index in [9.17, 15) is 9.59 Å². The minimum absolute atomic E-state index is 0.00191. The fourth-order valence-electron chi connectivity index (χ4n) is 4.34. The normalized spacial score (nSPS) is 15.3. The number of ether oxygens (including phenoxy) is 3. The number of carbonyl (C=O) groups excluding carboxylic acids is 1. The fraction of sp³-hybridized carbons (Fsp3) is 0.345. The SMILES string of the molecule is CCOC(=O)C1=C(C)N=c2s/c(=C\c3ccc(OC(C)C)c(OC)c3)c(=O)n2[C@H]1c1ccc(N(C)C)cc1. The van der Waals surface area contributed by atoms with Crippen molar-refractivity contribution in [1.82, 2.24) is 4.57 Å². The van der Waals surface area contributed by atoms with E-state index in [0.29, 0.717) is 32.1 Å². The van der Waals surface area contributed by atoms with E-state index in [1.165, 1.54) is 11.3 Å². The van der Waals surface area contributed by atoms with Crippen molar-refractivity contribution in [3.05, 3.63) is 84.5 Å². The van der Waals surface area contributed by atoms with E-state index in [1.54, 1.807) is 31.6 Å². The molecule has 1 aromatic heterocycles. The summed E-state index contributed by atoms with van der Waals surface area (Å²) in [5.41, 5.74) is 3.27. The van der Waals surface area contributed by atoms with Gasteiger partial charge < -0.3 is 19.1 Å². The lowest BCUT2D eigenvalue weighted by Crippen LogP contribution is -2.39. The highest BCUT2D eigenvalue weighted by atomic mass is 32.1. The molecule has 2 aromatic carbocycles. The van der Waals surface area contributed by atoms with Gasteiger partial charge in [0.2, 0.25) is 0 Å². The number of anilines is 1. The Kier molecular flexibility index (Phi) is 8.06. The molecule has 2 heterocycles. The Morgan fingerprint density at radius 2 is 1.87 bits per heavy atom. The summed E-state index contributed by atoms with van der Waals surface area (Å²) in [6, 6.07) is 12.7. The highest BCUT2D eigenvalue weighted by Crippen LogP contribution is 2.32. The molecule has 0 saturated heterocycles. The van der Waals surface area contributed by atoms with Gasteiger partial charge in [-0.3, -0.25) is 9.36 Å². The van der Waals surface area contributed by atoms with Crippen LogP contribution in [0.15, 0.2) is 63.5 Å². The molecule has 0 N–H and O–H groups in total. The van der Waals surface area contributed by atoms with Crippen molar-refractivity contribution < 1.29 is 19.0 Å². The maximum Gasteiger partial charge on any atom is 0.338 e. The number of carbonyl (C=O) groups is 1. The van der Waals surface area contributed by atoms with Crippen LogP contribution in [0.5, 0.6) is 11.5 Å². The van der Waals surface area contributed by atoms with Gasteiger partial charge in [0.1, 0.15) is 0 Å². The maximum absolute atomic E-state index is 13.8. The van der Waals surface area contributed by atoms with Gasteiger partial charge in [0.05, 0.1) is 41.7 Å². The summed E-state index contributed by atoms with van der Waals surface area (Å²) < 4.78 is 18.8. The first-order valence-electron chi connectivity index (χ1n) is 12.5. The Labute approximate surface area is 226 Å². The zero-order chi connectivity index (χ0) is 27.6. The van der Waals surface area contributed by atoms with Crippen LogP contribution < -0.4 is 29.3 Å². The minimum atomic E-state index is -0.653. The Morgan fingerprint density at radius 3 is 2.47 bits per heavy atom. The zero-order valence-electron chi connectivity index (χ0n) is 22.8. The second-order valence-electron chi connectivity index (χ2n) is 9.37. The third kappa shape index (κ3) is 5.38. The smallest absolute Gasteiger partial charge is 0.338 e. The monoisotopic (exact) mass is 535 g/mol. The number of nitrogens with zero attached hydrogens (tertiary/aromatic N) is 3. The Hall–Kier alpha value is -3.85. The number of fused-ring (bicyclic) bond motifs is 1. The first-order valence-corrected chi connectivity index (χ1v) is 13.3. The van der Waals surface area contributed by atoms with Crippen LogP contribution in [0.4, 0.5) is 5.69 Å². The number of esters is 1. The molecule has 1 aliphatic heterocycles. The van der Waals surface area contributed by atoms with Gasteiger partial charge >= 0.3 is 5.97 Å². The van der Waals surface area contributed by atoms with Crippen LogP contribution in [0, 0.1) is 0 Å². The van der Waals surface area contributed by atoms with E-state index < -0.39 is 12.0 Å². The number of methoxy groups -OCH3 is 1. The standard InChI is InChI=1S/C29H33N3O5S/c1-8-36-28(34)25-18(4)30-29-32(26(25)20-10-12-21(13-11-20)31(5)6)27(33)24(38-29)16-19-9-14-22(37-17(2)3)23(15-19)35-7/h9-17,26H,8H2,1-7H3/b24-16-/t26-/m0/s1. The molecule has 9 heteroatoms. The van der Waals surface area contributed by atoms with Crippen molar-refractivity contribution >= 4 is 29.1 Å². The van der Waals surface area contributed by atoms with Gasteiger partial charge in [0.15, 0.2) is 16.3 Å². The Morgan fingerprint density at radius 1 is 1.16 bits per heavy atom. The van der Waals surface area contributed by atoms with E-state index in [1.807, 2.05) is 75.3 Å². The number of hydrogen-bond acceptors (Lipinski definition) is 8. The number of benzene rings is 2. The lowest BCUT2D eigenvalue weighted by Gasteiger charge is -2.25. The topological polar surface area (TPSA) is 82.4 Å². The first-order chi connectivity index (χ1) is 18.1. The van der Waals surface area contributed by atoms with E-state index in [0.717, 1.165) is 16.8 Å². The number of rotatable bonds is 8. The number of aromatic nitrogens is 1. The lowest BCUT2D eigenvalue weighted by molar-refractivity contribution is -0.139. The molecule has 0 radical (unpaired) electrons. The highest BCUT2D eigenvalue weighted by Gasteiger charge is 2.33. The van der Waals surface area contributed by atoms with Gasteiger partial charge in [0, 0.05) is 19.8 Å². The molecule has 3 aromatic rings. The minimum Gasteiger partial charge on any atom is -0.493 e. The molecule has 1 atom stereocenters.